The predicted octanol–water partition coefficient (Wildman–Crippen LogP) is 4.05. The van der Waals surface area contributed by atoms with E-state index in [4.69, 9.17) is 0 Å². The van der Waals surface area contributed by atoms with Crippen molar-refractivity contribution in [2.24, 2.45) is 0 Å². The van der Waals surface area contributed by atoms with Gasteiger partial charge in [-0.3, -0.25) is 0 Å². The van der Waals surface area contributed by atoms with Crippen LogP contribution in [0.5, 0.6) is 0 Å². The molecule has 1 radical (unpaired) electrons. The van der Waals surface area contributed by atoms with Crippen molar-refractivity contribution in [3.63, 3.8) is 0 Å². The molecule has 0 aliphatic heterocycles. The van der Waals surface area contributed by atoms with Crippen molar-refractivity contribution in [3.05, 3.63) is 88.5 Å². The van der Waals surface area contributed by atoms with Gasteiger partial charge in [0.15, 0.2) is 0 Å². The first kappa shape index (κ1) is 16.9. The summed E-state index contributed by atoms with van der Waals surface area (Å²) >= 11 is 2.45. The molecule has 0 amide bonds. The van der Waals surface area contributed by atoms with Crippen LogP contribution in [0.2, 0.25) is 0 Å². The number of halogens is 1. The topological polar surface area (TPSA) is 0 Å². The van der Waals surface area contributed by atoms with E-state index in [1.54, 1.807) is 0 Å². The molecule has 0 atom stereocenters. The van der Waals surface area contributed by atoms with Crippen LogP contribution >= 0.6 is 30.5 Å². The molecule has 3 aromatic rings. The molecule has 109 valence electrons. The van der Waals surface area contributed by atoms with Gasteiger partial charge < -0.3 is 0 Å². The predicted molar refractivity (Wildman–Crippen MR) is 97.9 cm³/mol. The van der Waals surface area contributed by atoms with Crippen LogP contribution < -0.4 is 15.9 Å². The van der Waals surface area contributed by atoms with Crippen molar-refractivity contribution in [3.8, 4) is 0 Å². The summed E-state index contributed by atoms with van der Waals surface area (Å²) in [6.45, 7) is 0. The Morgan fingerprint density at radius 3 is 1.48 bits per heavy atom. The number of hydrogen-bond acceptors (Lipinski definition) is 0. The summed E-state index contributed by atoms with van der Waals surface area (Å²) in [6, 6.07) is 30.3. The van der Waals surface area contributed by atoms with E-state index >= 15 is 0 Å². The van der Waals surface area contributed by atoms with Gasteiger partial charge in [0.2, 0.25) is 0 Å². The van der Waals surface area contributed by atoms with Crippen LogP contribution in [0.4, 0.5) is 0 Å². The molecule has 0 bridgehead atoms. The second kappa shape index (κ2) is 8.26. The van der Waals surface area contributed by atoms with Crippen LogP contribution in [0, 0.1) is 3.57 Å². The van der Waals surface area contributed by atoms with E-state index in [1.807, 2.05) is 0 Å². The van der Waals surface area contributed by atoms with Crippen LogP contribution in [0.1, 0.15) is 0 Å². The molecule has 3 heteroatoms. The Balaban J connectivity index is 0.00000161. The summed E-state index contributed by atoms with van der Waals surface area (Å²) in [4.78, 5) is 0. The fourth-order valence-electron chi connectivity index (χ4n) is 2.21. The van der Waals surface area contributed by atoms with Gasteiger partial charge in [-0.15, -0.1) is 0 Å². The second-order valence-corrected chi connectivity index (χ2v) is 7.81. The van der Waals surface area contributed by atoms with Crippen molar-refractivity contribution in [1.82, 2.24) is 0 Å². The van der Waals surface area contributed by atoms with Gasteiger partial charge in [0, 0.05) is 26.0 Å². The van der Waals surface area contributed by atoms with Gasteiger partial charge >= 0.3 is 0 Å². The molecular formula is C18H14AgIP. The minimum absolute atomic E-state index is 0. The molecule has 0 aliphatic rings. The monoisotopic (exact) mass is 495 g/mol. The van der Waals surface area contributed by atoms with Gasteiger partial charge in [0.1, 0.15) is 0 Å². The number of rotatable bonds is 3. The summed E-state index contributed by atoms with van der Waals surface area (Å²) in [6.07, 6.45) is 0. The Labute approximate surface area is 156 Å². The Morgan fingerprint density at radius 1 is 0.571 bits per heavy atom. The second-order valence-electron chi connectivity index (χ2n) is 4.46. The van der Waals surface area contributed by atoms with E-state index in [9.17, 15) is 0 Å². The fraction of sp³-hybridized carbons (Fsp3) is 0. The van der Waals surface area contributed by atoms with Crippen LogP contribution in [0.3, 0.4) is 0 Å². The molecular weight excluding hydrogens is 482 g/mol. The molecule has 0 heterocycles. The zero-order valence-corrected chi connectivity index (χ0v) is 15.7. The third-order valence-electron chi connectivity index (χ3n) is 3.12. The first-order valence-corrected chi connectivity index (χ1v) is 8.93. The zero-order valence-electron chi connectivity index (χ0n) is 11.2. The maximum atomic E-state index is 2.45. The average molecular weight is 496 g/mol. The van der Waals surface area contributed by atoms with Crippen LogP contribution in [0.25, 0.3) is 0 Å². The van der Waals surface area contributed by atoms with Crippen molar-refractivity contribution in [1.29, 1.82) is 0 Å². The Bertz CT molecular complexity index is 646. The first-order valence-electron chi connectivity index (χ1n) is 6.51. The van der Waals surface area contributed by atoms with Crippen molar-refractivity contribution in [2.75, 3.05) is 0 Å². The molecule has 3 rings (SSSR count). The van der Waals surface area contributed by atoms with Gasteiger partial charge in [-0.1, -0.05) is 78.9 Å². The van der Waals surface area contributed by atoms with Crippen LogP contribution in [-0.2, 0) is 22.4 Å². The SMILES string of the molecule is Ic1ccccc1P(c1ccccc1)c1ccccc1.[Ag]. The molecule has 0 saturated carbocycles. The van der Waals surface area contributed by atoms with E-state index in [2.05, 4.69) is 108 Å². The largest absolute Gasteiger partial charge is 0.0622 e. The third kappa shape index (κ3) is 4.06. The Morgan fingerprint density at radius 2 is 1.00 bits per heavy atom. The fourth-order valence-corrected chi connectivity index (χ4v) is 5.64. The average Bonchev–Trinajstić information content (AvgIpc) is 2.52. The summed E-state index contributed by atoms with van der Waals surface area (Å²) in [5, 5.41) is 4.23. The quantitative estimate of drug-likeness (QED) is 0.292. The third-order valence-corrected chi connectivity index (χ3v) is 6.99. The summed E-state index contributed by atoms with van der Waals surface area (Å²) < 4.78 is 1.34. The van der Waals surface area contributed by atoms with Crippen molar-refractivity contribution >= 4 is 46.4 Å². The van der Waals surface area contributed by atoms with Crippen LogP contribution in [0.15, 0.2) is 84.9 Å². The molecule has 0 unspecified atom stereocenters. The van der Waals surface area contributed by atoms with E-state index in [0.29, 0.717) is 0 Å². The number of hydrogen-bond donors (Lipinski definition) is 0. The number of benzene rings is 3. The van der Waals surface area contributed by atoms with E-state index in [0.717, 1.165) is 0 Å². The van der Waals surface area contributed by atoms with Crippen molar-refractivity contribution in [2.45, 2.75) is 0 Å². The molecule has 0 aliphatic carbocycles. The van der Waals surface area contributed by atoms with E-state index in [-0.39, 0.29) is 22.4 Å². The normalized spacial score (nSPS) is 10.2. The summed E-state index contributed by atoms with van der Waals surface area (Å²) in [7, 11) is -0.474. The molecule has 0 spiro atoms. The molecule has 0 aromatic heterocycles. The van der Waals surface area contributed by atoms with Gasteiger partial charge in [-0.2, -0.15) is 0 Å². The summed E-state index contributed by atoms with van der Waals surface area (Å²) in [5.41, 5.74) is 0. The van der Waals surface area contributed by atoms with E-state index in [1.165, 1.54) is 19.5 Å². The maximum absolute atomic E-state index is 2.45. The van der Waals surface area contributed by atoms with Gasteiger partial charge in [0.25, 0.3) is 0 Å². The molecule has 0 nitrogen and oxygen atoms in total. The van der Waals surface area contributed by atoms with Gasteiger partial charge in [-0.05, 0) is 52.5 Å². The van der Waals surface area contributed by atoms with Crippen molar-refractivity contribution < 1.29 is 22.4 Å². The summed E-state index contributed by atoms with van der Waals surface area (Å²) in [5.74, 6) is 0. The molecule has 21 heavy (non-hydrogen) atoms. The molecule has 0 saturated heterocycles. The molecule has 0 N–H and O–H groups in total. The Hall–Kier alpha value is -0.440. The zero-order chi connectivity index (χ0) is 13.8. The van der Waals surface area contributed by atoms with Gasteiger partial charge in [-0.25, -0.2) is 0 Å². The van der Waals surface area contributed by atoms with Gasteiger partial charge in [0.05, 0.1) is 0 Å². The van der Waals surface area contributed by atoms with E-state index < -0.39 is 7.92 Å². The molecule has 3 aromatic carbocycles. The van der Waals surface area contributed by atoms with Crippen LogP contribution in [-0.4, -0.2) is 0 Å². The minimum atomic E-state index is -0.474. The first-order chi connectivity index (χ1) is 9.86. The standard InChI is InChI=1S/C18H14IP.Ag/c19-17-13-7-8-14-18(17)20(15-9-3-1-4-10-15)16-11-5-2-6-12-16;/h1-14H;. The molecule has 0 fully saturated rings. The Kier molecular flexibility index (Phi) is 6.66. The smallest absolute Gasteiger partial charge is 0.0213 e. The maximum Gasteiger partial charge on any atom is 0.0213 e. The minimum Gasteiger partial charge on any atom is -0.0622 e.